The molecule has 1 aromatic heterocycles. The van der Waals surface area contributed by atoms with Crippen molar-refractivity contribution in [3.05, 3.63) is 49.3 Å². The van der Waals surface area contributed by atoms with Gasteiger partial charge in [-0.1, -0.05) is 12.1 Å². The quantitative estimate of drug-likeness (QED) is 0.750. The van der Waals surface area contributed by atoms with Gasteiger partial charge in [-0.3, -0.25) is 4.68 Å². The summed E-state index contributed by atoms with van der Waals surface area (Å²) in [5.74, 6) is 0. The predicted molar refractivity (Wildman–Crippen MR) is 88.1 cm³/mol. The number of benzene rings is 1. The van der Waals surface area contributed by atoms with Crippen molar-refractivity contribution in [3.8, 4) is 0 Å². The van der Waals surface area contributed by atoms with E-state index in [0.717, 1.165) is 25.0 Å². The Morgan fingerprint density at radius 1 is 1.37 bits per heavy atom. The second-order valence-electron chi connectivity index (χ2n) is 4.93. The van der Waals surface area contributed by atoms with E-state index in [-0.39, 0.29) is 0 Å². The first-order chi connectivity index (χ1) is 8.81. The molecule has 0 aliphatic heterocycles. The highest BCUT2D eigenvalue weighted by Gasteiger charge is 2.27. The fraction of sp³-hybridized carbons (Fsp3) is 0.357. The van der Waals surface area contributed by atoms with Crippen LogP contribution >= 0.6 is 38.5 Å². The number of hydrogen-bond acceptors (Lipinski definition) is 2. The van der Waals surface area contributed by atoms with Crippen LogP contribution in [0.15, 0.2) is 28.7 Å². The average molecular weight is 435 g/mol. The van der Waals surface area contributed by atoms with E-state index >= 15 is 0 Å². The Labute approximate surface area is 135 Å². The molecular weight excluding hydrogens is 419 g/mol. The van der Waals surface area contributed by atoms with Crippen molar-refractivity contribution in [2.75, 3.05) is 0 Å². The average Bonchev–Trinajstić information content (AvgIpc) is 2.56. The molecule has 1 N–H and O–H groups in total. The third-order valence-electron chi connectivity index (χ3n) is 3.24. The van der Waals surface area contributed by atoms with Gasteiger partial charge in [0.05, 0.1) is 21.5 Å². The van der Waals surface area contributed by atoms with Gasteiger partial charge in [0.25, 0.3) is 0 Å². The van der Waals surface area contributed by atoms with E-state index in [1.807, 2.05) is 49.8 Å². The van der Waals surface area contributed by atoms with Gasteiger partial charge in [-0.25, -0.2) is 0 Å². The summed E-state index contributed by atoms with van der Waals surface area (Å²) in [5.41, 5.74) is 1.95. The van der Waals surface area contributed by atoms with Gasteiger partial charge in [-0.15, -0.1) is 0 Å². The molecule has 0 spiro atoms. The normalized spacial score (nSPS) is 14.4. The molecule has 0 aliphatic rings. The van der Waals surface area contributed by atoms with Crippen molar-refractivity contribution in [3.63, 3.8) is 0 Å². The van der Waals surface area contributed by atoms with Gasteiger partial charge in [0.2, 0.25) is 0 Å². The molecule has 0 saturated heterocycles. The molecule has 1 unspecified atom stereocenters. The Kier molecular flexibility index (Phi) is 4.37. The lowest BCUT2D eigenvalue weighted by Crippen LogP contribution is -2.25. The van der Waals surface area contributed by atoms with Crippen LogP contribution in [0.5, 0.6) is 0 Å². The fourth-order valence-corrected chi connectivity index (χ4v) is 2.94. The first-order valence-electron chi connectivity index (χ1n) is 5.97. The fourth-order valence-electron chi connectivity index (χ4n) is 2.11. The molecule has 3 nitrogen and oxygen atoms in total. The van der Waals surface area contributed by atoms with Crippen molar-refractivity contribution in [2.45, 2.75) is 25.9 Å². The number of hydrogen-bond donors (Lipinski definition) is 1. The molecule has 1 heterocycles. The Morgan fingerprint density at radius 3 is 2.42 bits per heavy atom. The second-order valence-corrected chi connectivity index (χ2v) is 6.97. The zero-order valence-corrected chi connectivity index (χ0v) is 14.9. The Bertz CT molecular complexity index is 590. The number of nitrogens with zero attached hydrogens (tertiary/aromatic N) is 2. The van der Waals surface area contributed by atoms with Gasteiger partial charge in [-0.05, 0) is 70.1 Å². The molecule has 102 valence electrons. The van der Waals surface area contributed by atoms with Crippen molar-refractivity contribution in [1.82, 2.24) is 9.78 Å². The Hall–Kier alpha value is -0.400. The number of rotatable bonds is 3. The van der Waals surface area contributed by atoms with E-state index < -0.39 is 5.60 Å². The summed E-state index contributed by atoms with van der Waals surface area (Å²) < 4.78 is 3.95. The van der Waals surface area contributed by atoms with Crippen molar-refractivity contribution < 1.29 is 5.11 Å². The minimum Gasteiger partial charge on any atom is -0.385 e. The topological polar surface area (TPSA) is 38.0 Å². The van der Waals surface area contributed by atoms with Gasteiger partial charge in [0, 0.05) is 17.0 Å². The molecule has 2 rings (SSSR count). The molecule has 0 saturated carbocycles. The van der Waals surface area contributed by atoms with Crippen molar-refractivity contribution >= 4 is 38.5 Å². The van der Waals surface area contributed by atoms with Crippen LogP contribution in [-0.4, -0.2) is 14.9 Å². The van der Waals surface area contributed by atoms with Crippen LogP contribution in [0, 0.1) is 10.5 Å². The smallest absolute Gasteiger partial charge is 0.0924 e. The van der Waals surface area contributed by atoms with E-state index in [1.54, 1.807) is 0 Å². The van der Waals surface area contributed by atoms with Crippen LogP contribution in [0.4, 0.5) is 0 Å². The molecule has 1 atom stereocenters. The number of halogens is 2. The van der Waals surface area contributed by atoms with Gasteiger partial charge < -0.3 is 5.11 Å². The maximum atomic E-state index is 10.7. The van der Waals surface area contributed by atoms with Crippen molar-refractivity contribution in [1.29, 1.82) is 0 Å². The van der Waals surface area contributed by atoms with Crippen LogP contribution in [0.2, 0.25) is 0 Å². The SMILES string of the molecule is Cc1nn(C)c(CC(C)(O)c2ccc(I)cc2)c1Br. The highest BCUT2D eigenvalue weighted by Crippen LogP contribution is 2.30. The van der Waals surface area contributed by atoms with E-state index in [0.29, 0.717) is 6.42 Å². The summed E-state index contributed by atoms with van der Waals surface area (Å²) in [6, 6.07) is 7.96. The number of aromatic nitrogens is 2. The molecule has 0 radical (unpaired) electrons. The highest BCUT2D eigenvalue weighted by molar-refractivity contribution is 14.1. The third-order valence-corrected chi connectivity index (χ3v) is 4.99. The first kappa shape index (κ1) is 15.0. The second kappa shape index (κ2) is 5.54. The number of aliphatic hydroxyl groups is 1. The standard InChI is InChI=1S/C14H16BrIN2O/c1-9-13(15)12(18(3)17-9)8-14(2,19)10-4-6-11(16)7-5-10/h4-7,19H,8H2,1-3H3. The van der Waals surface area contributed by atoms with Gasteiger partial charge in [0.1, 0.15) is 0 Å². The van der Waals surface area contributed by atoms with Crippen LogP contribution in [0.25, 0.3) is 0 Å². The molecule has 5 heteroatoms. The zero-order valence-electron chi connectivity index (χ0n) is 11.1. The van der Waals surface area contributed by atoms with E-state index in [4.69, 9.17) is 0 Å². The van der Waals surface area contributed by atoms with Crippen LogP contribution in [0.1, 0.15) is 23.9 Å². The van der Waals surface area contributed by atoms with E-state index in [2.05, 4.69) is 43.6 Å². The lowest BCUT2D eigenvalue weighted by Gasteiger charge is -2.24. The molecule has 0 bridgehead atoms. The molecule has 0 aliphatic carbocycles. The van der Waals surface area contributed by atoms with Crippen molar-refractivity contribution in [2.24, 2.45) is 7.05 Å². The van der Waals surface area contributed by atoms with E-state index in [9.17, 15) is 5.11 Å². The highest BCUT2D eigenvalue weighted by atomic mass is 127. The number of aryl methyl sites for hydroxylation is 2. The largest absolute Gasteiger partial charge is 0.385 e. The molecule has 0 amide bonds. The monoisotopic (exact) mass is 434 g/mol. The molecular formula is C14H16BrIN2O. The zero-order chi connectivity index (χ0) is 14.2. The Morgan fingerprint density at radius 2 is 1.95 bits per heavy atom. The van der Waals surface area contributed by atoms with Crippen LogP contribution in [0.3, 0.4) is 0 Å². The molecule has 19 heavy (non-hydrogen) atoms. The minimum absolute atomic E-state index is 0.519. The first-order valence-corrected chi connectivity index (χ1v) is 7.85. The Balaban J connectivity index is 2.33. The molecule has 1 aromatic carbocycles. The molecule has 0 fully saturated rings. The third kappa shape index (κ3) is 3.20. The summed E-state index contributed by atoms with van der Waals surface area (Å²) in [6.07, 6.45) is 0.519. The maximum absolute atomic E-state index is 10.7. The summed E-state index contributed by atoms with van der Waals surface area (Å²) in [5, 5.41) is 15.1. The lowest BCUT2D eigenvalue weighted by molar-refractivity contribution is 0.0554. The summed E-state index contributed by atoms with van der Waals surface area (Å²) >= 11 is 5.80. The molecule has 2 aromatic rings. The van der Waals surface area contributed by atoms with Gasteiger partial charge >= 0.3 is 0 Å². The summed E-state index contributed by atoms with van der Waals surface area (Å²) in [7, 11) is 1.90. The van der Waals surface area contributed by atoms with Gasteiger partial charge in [-0.2, -0.15) is 5.10 Å². The lowest BCUT2D eigenvalue weighted by atomic mass is 9.91. The maximum Gasteiger partial charge on any atom is 0.0924 e. The van der Waals surface area contributed by atoms with Crippen LogP contribution < -0.4 is 0 Å². The van der Waals surface area contributed by atoms with Crippen LogP contribution in [-0.2, 0) is 19.1 Å². The summed E-state index contributed by atoms with van der Waals surface area (Å²) in [6.45, 7) is 3.79. The van der Waals surface area contributed by atoms with Gasteiger partial charge in [0.15, 0.2) is 0 Å². The van der Waals surface area contributed by atoms with E-state index in [1.165, 1.54) is 0 Å². The summed E-state index contributed by atoms with van der Waals surface area (Å²) in [4.78, 5) is 0. The minimum atomic E-state index is -0.910. The predicted octanol–water partition coefficient (Wildman–Crippen LogP) is 3.55.